The molecule has 2 rings (SSSR count). The van der Waals surface area contributed by atoms with Crippen LogP contribution in [-0.2, 0) is 9.59 Å². The fraction of sp³-hybridized carbons (Fsp3) is 0.467. The Hall–Kier alpha value is -2.04. The van der Waals surface area contributed by atoms with Crippen LogP contribution in [0.15, 0.2) is 18.2 Å². The number of methoxy groups -OCH3 is 1. The summed E-state index contributed by atoms with van der Waals surface area (Å²) >= 11 is 0. The summed E-state index contributed by atoms with van der Waals surface area (Å²) in [6.45, 7) is 5.50. The van der Waals surface area contributed by atoms with Gasteiger partial charge in [-0.2, -0.15) is 0 Å². The molecule has 1 aliphatic rings. The van der Waals surface area contributed by atoms with E-state index in [4.69, 9.17) is 9.84 Å². The summed E-state index contributed by atoms with van der Waals surface area (Å²) in [6.07, 6.45) is 0. The van der Waals surface area contributed by atoms with Crippen LogP contribution in [0.4, 0.5) is 5.69 Å². The highest BCUT2D eigenvalue weighted by Crippen LogP contribution is 2.58. The summed E-state index contributed by atoms with van der Waals surface area (Å²) in [4.78, 5) is 23.4. The van der Waals surface area contributed by atoms with E-state index < -0.39 is 23.2 Å². The molecule has 0 spiro atoms. The van der Waals surface area contributed by atoms with Crippen molar-refractivity contribution in [3.8, 4) is 5.75 Å². The Balaban J connectivity index is 2.18. The van der Waals surface area contributed by atoms with E-state index >= 15 is 0 Å². The zero-order valence-electron chi connectivity index (χ0n) is 12.1. The number of carbonyl (C=O) groups excluding carboxylic acids is 1. The van der Waals surface area contributed by atoms with Gasteiger partial charge in [0.15, 0.2) is 0 Å². The van der Waals surface area contributed by atoms with Gasteiger partial charge in [-0.05, 0) is 30.0 Å². The molecular formula is C15H19NO4. The van der Waals surface area contributed by atoms with Crippen molar-refractivity contribution in [2.24, 2.45) is 17.3 Å². The maximum atomic E-state index is 12.3. The minimum absolute atomic E-state index is 0.272. The van der Waals surface area contributed by atoms with Crippen LogP contribution < -0.4 is 10.1 Å². The first-order chi connectivity index (χ1) is 9.28. The molecule has 1 saturated carbocycles. The first-order valence-electron chi connectivity index (χ1n) is 6.47. The van der Waals surface area contributed by atoms with Crippen molar-refractivity contribution in [3.63, 3.8) is 0 Å². The molecule has 108 valence electrons. The molecule has 1 aliphatic carbocycles. The molecule has 0 bridgehead atoms. The van der Waals surface area contributed by atoms with Crippen LogP contribution in [0, 0.1) is 24.2 Å². The molecular weight excluding hydrogens is 258 g/mol. The zero-order chi connectivity index (χ0) is 15.1. The van der Waals surface area contributed by atoms with E-state index in [0.29, 0.717) is 11.4 Å². The first-order valence-corrected chi connectivity index (χ1v) is 6.47. The number of aliphatic carboxylic acids is 1. The van der Waals surface area contributed by atoms with Gasteiger partial charge >= 0.3 is 5.97 Å². The van der Waals surface area contributed by atoms with E-state index in [2.05, 4.69) is 5.32 Å². The van der Waals surface area contributed by atoms with Crippen LogP contribution in [0.1, 0.15) is 19.4 Å². The summed E-state index contributed by atoms with van der Waals surface area (Å²) in [5.74, 6) is -1.77. The number of carboxylic acids is 1. The molecule has 5 nitrogen and oxygen atoms in total. The Bertz CT molecular complexity index is 565. The molecule has 1 amide bonds. The zero-order valence-corrected chi connectivity index (χ0v) is 12.1. The number of nitrogens with one attached hydrogen (secondary N) is 1. The summed E-state index contributed by atoms with van der Waals surface area (Å²) < 4.78 is 5.20. The Kier molecular flexibility index (Phi) is 3.46. The molecule has 1 fully saturated rings. The van der Waals surface area contributed by atoms with Crippen LogP contribution in [0.5, 0.6) is 5.75 Å². The van der Waals surface area contributed by atoms with Crippen molar-refractivity contribution in [2.75, 3.05) is 12.4 Å². The third-order valence-corrected chi connectivity index (χ3v) is 3.99. The fourth-order valence-corrected chi connectivity index (χ4v) is 2.72. The summed E-state index contributed by atoms with van der Waals surface area (Å²) in [6, 6.07) is 5.47. The highest BCUT2D eigenvalue weighted by Gasteiger charge is 2.65. The molecule has 1 aromatic rings. The van der Waals surface area contributed by atoms with Gasteiger partial charge in [0.1, 0.15) is 5.75 Å². The number of anilines is 1. The Morgan fingerprint density at radius 3 is 2.45 bits per heavy atom. The Labute approximate surface area is 117 Å². The predicted octanol–water partition coefficient (Wildman–Crippen LogP) is 2.30. The van der Waals surface area contributed by atoms with E-state index in [9.17, 15) is 9.59 Å². The third kappa shape index (κ3) is 2.35. The molecule has 0 unspecified atom stereocenters. The molecule has 0 aliphatic heterocycles. The average molecular weight is 277 g/mol. The molecule has 2 N–H and O–H groups in total. The number of benzene rings is 1. The number of aryl methyl sites for hydroxylation is 1. The van der Waals surface area contributed by atoms with Gasteiger partial charge in [-0.25, -0.2) is 0 Å². The second-order valence-corrected chi connectivity index (χ2v) is 5.81. The average Bonchev–Trinajstić information content (AvgIpc) is 2.93. The normalized spacial score (nSPS) is 23.0. The topological polar surface area (TPSA) is 75.6 Å². The van der Waals surface area contributed by atoms with Crippen LogP contribution >= 0.6 is 0 Å². The molecule has 5 heteroatoms. The largest absolute Gasteiger partial charge is 0.495 e. The highest BCUT2D eigenvalue weighted by molar-refractivity contribution is 6.00. The van der Waals surface area contributed by atoms with Gasteiger partial charge in [0, 0.05) is 0 Å². The van der Waals surface area contributed by atoms with Crippen molar-refractivity contribution in [3.05, 3.63) is 23.8 Å². The van der Waals surface area contributed by atoms with E-state index in [1.54, 1.807) is 19.9 Å². The molecule has 0 saturated heterocycles. The number of ether oxygens (including phenoxy) is 1. The summed E-state index contributed by atoms with van der Waals surface area (Å²) in [5.41, 5.74) is 1.06. The first kappa shape index (κ1) is 14.4. The molecule has 0 heterocycles. The predicted molar refractivity (Wildman–Crippen MR) is 74.8 cm³/mol. The van der Waals surface area contributed by atoms with Crippen molar-refractivity contribution < 1.29 is 19.4 Å². The SMILES string of the molecule is COc1ccc(C)cc1NC(=O)[C@H]1[C@@H](C(=O)O)C1(C)C. The van der Waals surface area contributed by atoms with Crippen molar-refractivity contribution in [1.82, 2.24) is 0 Å². The maximum absolute atomic E-state index is 12.3. The number of hydrogen-bond donors (Lipinski definition) is 2. The van der Waals surface area contributed by atoms with Crippen LogP contribution in [-0.4, -0.2) is 24.1 Å². The molecule has 20 heavy (non-hydrogen) atoms. The van der Waals surface area contributed by atoms with Crippen LogP contribution in [0.2, 0.25) is 0 Å². The van der Waals surface area contributed by atoms with Crippen molar-refractivity contribution in [2.45, 2.75) is 20.8 Å². The quantitative estimate of drug-likeness (QED) is 0.885. The lowest BCUT2D eigenvalue weighted by molar-refractivity contribution is -0.140. The van der Waals surface area contributed by atoms with Gasteiger partial charge in [0.2, 0.25) is 5.91 Å². The number of rotatable bonds is 4. The van der Waals surface area contributed by atoms with Gasteiger partial charge in [-0.1, -0.05) is 19.9 Å². The number of hydrogen-bond acceptors (Lipinski definition) is 3. The molecule has 0 radical (unpaired) electrons. The Morgan fingerprint density at radius 1 is 1.30 bits per heavy atom. The number of carbonyl (C=O) groups is 2. The second-order valence-electron chi connectivity index (χ2n) is 5.81. The molecule has 0 aromatic heterocycles. The monoisotopic (exact) mass is 277 g/mol. The lowest BCUT2D eigenvalue weighted by atomic mass is 10.1. The van der Waals surface area contributed by atoms with E-state index in [1.807, 2.05) is 19.1 Å². The third-order valence-electron chi connectivity index (χ3n) is 3.99. The standard InChI is InChI=1S/C15H19NO4/c1-8-5-6-10(20-4)9(7-8)16-13(17)11-12(14(18)19)15(11,2)3/h5-7,11-12H,1-4H3,(H,16,17)(H,18,19)/t11-,12+/m1/s1. The van der Waals surface area contributed by atoms with E-state index in [-0.39, 0.29) is 5.91 Å². The van der Waals surface area contributed by atoms with Crippen LogP contribution in [0.3, 0.4) is 0 Å². The van der Waals surface area contributed by atoms with Gasteiger partial charge in [-0.15, -0.1) is 0 Å². The lowest BCUT2D eigenvalue weighted by Gasteiger charge is -2.11. The minimum atomic E-state index is -0.925. The second kappa shape index (κ2) is 4.81. The van der Waals surface area contributed by atoms with Gasteiger partial charge < -0.3 is 15.2 Å². The van der Waals surface area contributed by atoms with Crippen molar-refractivity contribution >= 4 is 17.6 Å². The van der Waals surface area contributed by atoms with Gasteiger partial charge in [0.25, 0.3) is 0 Å². The highest BCUT2D eigenvalue weighted by atomic mass is 16.5. The van der Waals surface area contributed by atoms with Gasteiger partial charge in [-0.3, -0.25) is 9.59 Å². The van der Waals surface area contributed by atoms with Gasteiger partial charge in [0.05, 0.1) is 24.6 Å². The van der Waals surface area contributed by atoms with Crippen LogP contribution in [0.25, 0.3) is 0 Å². The van der Waals surface area contributed by atoms with E-state index in [0.717, 1.165) is 5.56 Å². The summed E-state index contributed by atoms with van der Waals surface area (Å²) in [5, 5.41) is 11.9. The lowest BCUT2D eigenvalue weighted by Crippen LogP contribution is -2.18. The minimum Gasteiger partial charge on any atom is -0.495 e. The fourth-order valence-electron chi connectivity index (χ4n) is 2.72. The summed E-state index contributed by atoms with van der Waals surface area (Å²) in [7, 11) is 1.53. The van der Waals surface area contributed by atoms with Crippen molar-refractivity contribution in [1.29, 1.82) is 0 Å². The number of amides is 1. The Morgan fingerprint density at radius 2 is 1.95 bits per heavy atom. The molecule has 2 atom stereocenters. The van der Waals surface area contributed by atoms with E-state index in [1.165, 1.54) is 7.11 Å². The smallest absolute Gasteiger partial charge is 0.307 e. The number of carboxylic acid groups (broad SMARTS) is 1. The maximum Gasteiger partial charge on any atom is 0.307 e. The molecule has 1 aromatic carbocycles.